The van der Waals surface area contributed by atoms with Gasteiger partial charge < -0.3 is 9.84 Å². The molecule has 0 saturated carbocycles. The maximum Gasteiger partial charge on any atom is 0.155 e. The third kappa shape index (κ3) is 1.20. The van der Waals surface area contributed by atoms with E-state index in [1.165, 1.54) is 0 Å². The minimum absolute atomic E-state index is 0.0839. The molecule has 1 N–H and O–H groups in total. The predicted octanol–water partition coefficient (Wildman–Crippen LogP) is 0.894. The van der Waals surface area contributed by atoms with Gasteiger partial charge in [-0.15, -0.1) is 0 Å². The molecular weight excluding hydrogens is 104 g/mol. The Morgan fingerprint density at radius 1 is 1.62 bits per heavy atom. The third-order valence-electron chi connectivity index (χ3n) is 1.45. The molecule has 2 nitrogen and oxygen atoms in total. The van der Waals surface area contributed by atoms with Gasteiger partial charge in [0.25, 0.3) is 0 Å². The molecule has 1 heterocycles. The number of aliphatic hydroxyl groups excluding tert-OH is 1. The van der Waals surface area contributed by atoms with Crippen molar-refractivity contribution in [1.29, 1.82) is 0 Å². The maximum atomic E-state index is 8.84. The molecule has 0 radical (unpaired) electrons. The normalized spacial score (nSPS) is 35.6. The first-order valence-corrected chi connectivity index (χ1v) is 2.96. The van der Waals surface area contributed by atoms with Crippen molar-refractivity contribution in [2.75, 3.05) is 0 Å². The topological polar surface area (TPSA) is 29.5 Å². The van der Waals surface area contributed by atoms with E-state index >= 15 is 0 Å². The summed E-state index contributed by atoms with van der Waals surface area (Å²) in [5.41, 5.74) is -0.0839. The van der Waals surface area contributed by atoms with Crippen LogP contribution in [0.1, 0.15) is 26.7 Å². The Bertz CT molecular complexity index is 88.5. The molecule has 0 aromatic carbocycles. The lowest BCUT2D eigenvalue weighted by Crippen LogP contribution is -2.19. The number of ether oxygens (including phenoxy) is 1. The summed E-state index contributed by atoms with van der Waals surface area (Å²) >= 11 is 0. The zero-order valence-corrected chi connectivity index (χ0v) is 5.35. The molecule has 0 spiro atoms. The van der Waals surface area contributed by atoms with E-state index in [1.54, 1.807) is 0 Å². The van der Waals surface area contributed by atoms with Crippen molar-refractivity contribution in [3.05, 3.63) is 0 Å². The van der Waals surface area contributed by atoms with Crippen LogP contribution in [0.5, 0.6) is 0 Å². The van der Waals surface area contributed by atoms with Crippen LogP contribution < -0.4 is 0 Å². The van der Waals surface area contributed by atoms with Crippen molar-refractivity contribution < 1.29 is 9.84 Å². The minimum atomic E-state index is -0.509. The van der Waals surface area contributed by atoms with Gasteiger partial charge in [-0.2, -0.15) is 0 Å². The van der Waals surface area contributed by atoms with Gasteiger partial charge in [0, 0.05) is 6.42 Å². The van der Waals surface area contributed by atoms with Crippen molar-refractivity contribution in [1.82, 2.24) is 0 Å². The van der Waals surface area contributed by atoms with E-state index in [9.17, 15) is 0 Å². The zero-order chi connectivity index (χ0) is 6.20. The second-order valence-electron chi connectivity index (χ2n) is 2.87. The summed E-state index contributed by atoms with van der Waals surface area (Å²) in [5, 5.41) is 8.84. The summed E-state index contributed by atoms with van der Waals surface area (Å²) in [4.78, 5) is 0. The highest BCUT2D eigenvalue weighted by Crippen LogP contribution is 2.27. The minimum Gasteiger partial charge on any atom is -0.368 e. The van der Waals surface area contributed by atoms with E-state index in [2.05, 4.69) is 0 Å². The summed E-state index contributed by atoms with van der Waals surface area (Å²) in [5.74, 6) is 0. The molecule has 0 aromatic heterocycles. The smallest absolute Gasteiger partial charge is 0.155 e. The maximum absolute atomic E-state index is 8.84. The van der Waals surface area contributed by atoms with E-state index in [-0.39, 0.29) is 5.60 Å². The summed E-state index contributed by atoms with van der Waals surface area (Å²) in [6, 6.07) is 0. The second kappa shape index (κ2) is 1.71. The second-order valence-corrected chi connectivity index (χ2v) is 2.87. The Hall–Kier alpha value is -0.0800. The van der Waals surface area contributed by atoms with E-state index < -0.39 is 6.29 Å². The van der Waals surface area contributed by atoms with Crippen molar-refractivity contribution in [2.24, 2.45) is 0 Å². The molecule has 0 aliphatic carbocycles. The molecule has 48 valence electrons. The lowest BCUT2D eigenvalue weighted by molar-refractivity contribution is -0.122. The molecule has 8 heavy (non-hydrogen) atoms. The molecule has 0 aromatic rings. The van der Waals surface area contributed by atoms with Crippen molar-refractivity contribution >= 4 is 0 Å². The lowest BCUT2D eigenvalue weighted by atomic mass is 10.1. The largest absolute Gasteiger partial charge is 0.368 e. The Morgan fingerprint density at radius 2 is 2.25 bits per heavy atom. The molecule has 1 saturated heterocycles. The molecule has 1 rings (SSSR count). The van der Waals surface area contributed by atoms with Gasteiger partial charge in [0.15, 0.2) is 6.29 Å². The van der Waals surface area contributed by atoms with E-state index in [1.807, 2.05) is 13.8 Å². The van der Waals surface area contributed by atoms with Gasteiger partial charge in [-0.1, -0.05) is 0 Å². The highest BCUT2D eigenvalue weighted by atomic mass is 16.6. The SMILES string of the molecule is CC1(C)CC[C@@H](O)O1. The Labute approximate surface area is 49.5 Å². The van der Waals surface area contributed by atoms with Crippen molar-refractivity contribution in [3.63, 3.8) is 0 Å². The highest BCUT2D eigenvalue weighted by molar-refractivity contribution is 4.75. The summed E-state index contributed by atoms with van der Waals surface area (Å²) in [6.07, 6.45) is 1.24. The molecule has 2 heteroatoms. The summed E-state index contributed by atoms with van der Waals surface area (Å²) in [7, 11) is 0. The first kappa shape index (κ1) is 6.05. The van der Waals surface area contributed by atoms with Crippen molar-refractivity contribution in [3.8, 4) is 0 Å². The van der Waals surface area contributed by atoms with Gasteiger partial charge in [0.1, 0.15) is 0 Å². The molecule has 0 unspecified atom stereocenters. The molecule has 1 atom stereocenters. The molecular formula is C6H12O2. The number of rotatable bonds is 0. The van der Waals surface area contributed by atoms with Crippen LogP contribution >= 0.6 is 0 Å². The van der Waals surface area contributed by atoms with Crippen LogP contribution in [0.3, 0.4) is 0 Å². The lowest BCUT2D eigenvalue weighted by Gasteiger charge is -2.15. The predicted molar refractivity (Wildman–Crippen MR) is 30.4 cm³/mol. The molecule has 0 bridgehead atoms. The van der Waals surface area contributed by atoms with Crippen LogP contribution in [0.2, 0.25) is 0 Å². The van der Waals surface area contributed by atoms with Crippen LogP contribution in [0.4, 0.5) is 0 Å². The monoisotopic (exact) mass is 116 g/mol. The fourth-order valence-corrected chi connectivity index (χ4v) is 0.957. The summed E-state index contributed by atoms with van der Waals surface area (Å²) < 4.78 is 5.10. The van der Waals surface area contributed by atoms with Crippen molar-refractivity contribution in [2.45, 2.75) is 38.6 Å². The van der Waals surface area contributed by atoms with Gasteiger partial charge in [-0.25, -0.2) is 0 Å². The highest BCUT2D eigenvalue weighted by Gasteiger charge is 2.29. The van der Waals surface area contributed by atoms with Gasteiger partial charge in [0.05, 0.1) is 5.60 Å². The van der Waals surface area contributed by atoms with E-state index in [0.29, 0.717) is 0 Å². The van der Waals surface area contributed by atoms with Crippen LogP contribution in [0, 0.1) is 0 Å². The fraction of sp³-hybridized carbons (Fsp3) is 1.00. The van der Waals surface area contributed by atoms with Crippen LogP contribution in [-0.4, -0.2) is 17.0 Å². The standard InChI is InChI=1S/C6H12O2/c1-6(2)4-3-5(7)8-6/h5,7H,3-4H2,1-2H3/t5-/m0/s1. The Balaban J connectivity index is 2.44. The van der Waals surface area contributed by atoms with Gasteiger partial charge in [0.2, 0.25) is 0 Å². The number of aliphatic hydroxyl groups is 1. The first-order valence-electron chi connectivity index (χ1n) is 2.96. The van der Waals surface area contributed by atoms with Gasteiger partial charge in [-0.3, -0.25) is 0 Å². The number of hydrogen-bond acceptors (Lipinski definition) is 2. The third-order valence-corrected chi connectivity index (χ3v) is 1.45. The molecule has 1 aliphatic heterocycles. The Morgan fingerprint density at radius 3 is 2.38 bits per heavy atom. The molecule has 0 amide bonds. The molecule has 1 fully saturated rings. The van der Waals surface area contributed by atoms with Crippen LogP contribution in [0.25, 0.3) is 0 Å². The van der Waals surface area contributed by atoms with Gasteiger partial charge in [-0.05, 0) is 20.3 Å². The van der Waals surface area contributed by atoms with E-state index in [0.717, 1.165) is 12.8 Å². The van der Waals surface area contributed by atoms with Gasteiger partial charge >= 0.3 is 0 Å². The quantitative estimate of drug-likeness (QED) is 0.509. The average molecular weight is 116 g/mol. The average Bonchev–Trinajstić information content (AvgIpc) is 1.82. The van der Waals surface area contributed by atoms with Crippen LogP contribution in [-0.2, 0) is 4.74 Å². The Kier molecular flexibility index (Phi) is 1.29. The van der Waals surface area contributed by atoms with Crippen LogP contribution in [0.15, 0.2) is 0 Å². The summed E-state index contributed by atoms with van der Waals surface area (Å²) in [6.45, 7) is 3.98. The van der Waals surface area contributed by atoms with E-state index in [4.69, 9.17) is 9.84 Å². The zero-order valence-electron chi connectivity index (χ0n) is 5.35. The molecule has 1 aliphatic rings. The fourth-order valence-electron chi connectivity index (χ4n) is 0.957. The number of hydrogen-bond donors (Lipinski definition) is 1. The first-order chi connectivity index (χ1) is 3.60.